The summed E-state index contributed by atoms with van der Waals surface area (Å²) in [6.45, 7) is 2.51. The van der Waals surface area contributed by atoms with Crippen LogP contribution in [0, 0.1) is 6.92 Å². The van der Waals surface area contributed by atoms with Crippen LogP contribution in [0.2, 0.25) is 0 Å². The first kappa shape index (κ1) is 24.1. The molecule has 3 aromatic carbocycles. The number of hydrogen-bond acceptors (Lipinski definition) is 6. The molecular weight excluding hydrogens is 474 g/mol. The zero-order chi connectivity index (χ0) is 25.9. The monoisotopic (exact) mass is 499 g/mol. The third-order valence-corrected chi connectivity index (χ3v) is 6.23. The fourth-order valence-corrected chi connectivity index (χ4v) is 4.30. The van der Waals surface area contributed by atoms with E-state index in [1.165, 1.54) is 0 Å². The normalized spacial score (nSPS) is 14.2. The first-order valence-electron chi connectivity index (χ1n) is 11.9. The van der Waals surface area contributed by atoms with Crippen molar-refractivity contribution in [3.63, 3.8) is 0 Å². The maximum absolute atomic E-state index is 12.6. The molecule has 0 aromatic heterocycles. The SMILES string of the molecule is Cc1ccc(OCCN2C(=O)COc3cc(NC(=O)CCN4C(=O)c5ccccc5C4=O)ccc32)cc1. The maximum atomic E-state index is 12.6. The summed E-state index contributed by atoms with van der Waals surface area (Å²) in [5.41, 5.74) is 2.91. The molecule has 0 spiro atoms. The number of nitrogens with zero attached hydrogens (tertiary/aromatic N) is 2. The Morgan fingerprint density at radius 1 is 0.919 bits per heavy atom. The number of carbonyl (C=O) groups is 4. The van der Waals surface area contributed by atoms with E-state index in [2.05, 4.69) is 5.32 Å². The van der Waals surface area contributed by atoms with Crippen molar-refractivity contribution < 1.29 is 28.7 Å². The van der Waals surface area contributed by atoms with Crippen molar-refractivity contribution in [2.24, 2.45) is 0 Å². The highest BCUT2D eigenvalue weighted by molar-refractivity contribution is 6.21. The number of benzene rings is 3. The van der Waals surface area contributed by atoms with Gasteiger partial charge in [0.15, 0.2) is 6.61 Å². The van der Waals surface area contributed by atoms with Crippen LogP contribution in [0.25, 0.3) is 0 Å². The predicted molar refractivity (Wildman–Crippen MR) is 136 cm³/mol. The Bertz CT molecular complexity index is 1350. The molecule has 2 aliphatic rings. The first-order valence-corrected chi connectivity index (χ1v) is 11.9. The Balaban J connectivity index is 1.17. The van der Waals surface area contributed by atoms with Crippen molar-refractivity contribution in [3.8, 4) is 11.5 Å². The molecule has 9 heteroatoms. The number of imide groups is 1. The number of ether oxygens (including phenoxy) is 2. The van der Waals surface area contributed by atoms with Gasteiger partial charge >= 0.3 is 0 Å². The summed E-state index contributed by atoms with van der Waals surface area (Å²) < 4.78 is 11.4. The Morgan fingerprint density at radius 3 is 2.32 bits per heavy atom. The summed E-state index contributed by atoms with van der Waals surface area (Å²) >= 11 is 0. The number of amides is 4. The van der Waals surface area contributed by atoms with Crippen molar-refractivity contribution >= 4 is 35.0 Å². The molecule has 4 amide bonds. The zero-order valence-corrected chi connectivity index (χ0v) is 20.2. The summed E-state index contributed by atoms with van der Waals surface area (Å²) in [6.07, 6.45) is -0.0512. The van der Waals surface area contributed by atoms with Gasteiger partial charge in [-0.2, -0.15) is 0 Å². The number of rotatable bonds is 8. The van der Waals surface area contributed by atoms with Crippen molar-refractivity contribution in [3.05, 3.63) is 83.4 Å². The highest BCUT2D eigenvalue weighted by Crippen LogP contribution is 2.34. The second kappa shape index (κ2) is 10.1. The van der Waals surface area contributed by atoms with Gasteiger partial charge in [0.2, 0.25) is 5.91 Å². The molecule has 0 aliphatic carbocycles. The fraction of sp³-hybridized carbons (Fsp3) is 0.214. The van der Waals surface area contributed by atoms with Crippen LogP contribution in [0.5, 0.6) is 11.5 Å². The second-order valence-corrected chi connectivity index (χ2v) is 8.78. The van der Waals surface area contributed by atoms with Crippen molar-refractivity contribution in [2.75, 3.05) is 36.5 Å². The van der Waals surface area contributed by atoms with Crippen LogP contribution in [-0.4, -0.2) is 54.8 Å². The van der Waals surface area contributed by atoms with Gasteiger partial charge in [0, 0.05) is 24.7 Å². The Labute approximate surface area is 213 Å². The molecule has 188 valence electrons. The summed E-state index contributed by atoms with van der Waals surface area (Å²) in [5, 5.41) is 2.77. The number of hydrogen-bond donors (Lipinski definition) is 1. The van der Waals surface area contributed by atoms with E-state index in [-0.39, 0.29) is 31.4 Å². The predicted octanol–water partition coefficient (Wildman–Crippen LogP) is 3.42. The minimum Gasteiger partial charge on any atom is -0.492 e. The summed E-state index contributed by atoms with van der Waals surface area (Å²) in [5.74, 6) is -0.137. The Hall–Kier alpha value is -4.66. The molecule has 0 bridgehead atoms. The van der Waals surface area contributed by atoms with Gasteiger partial charge < -0.3 is 19.7 Å². The summed E-state index contributed by atoms with van der Waals surface area (Å²) in [6, 6.07) is 19.3. The van der Waals surface area contributed by atoms with E-state index in [0.717, 1.165) is 16.2 Å². The maximum Gasteiger partial charge on any atom is 0.265 e. The molecule has 0 saturated heterocycles. The van der Waals surface area contributed by atoms with Gasteiger partial charge in [-0.25, -0.2) is 0 Å². The smallest absolute Gasteiger partial charge is 0.265 e. The van der Waals surface area contributed by atoms with Gasteiger partial charge in [0.1, 0.15) is 18.1 Å². The molecule has 9 nitrogen and oxygen atoms in total. The number of carbonyl (C=O) groups excluding carboxylic acids is 4. The number of anilines is 2. The molecule has 2 heterocycles. The standard InChI is InChI=1S/C28H25N3O6/c1-18-6-9-20(10-7-18)36-15-14-30-23-11-8-19(16-24(23)37-17-26(30)33)29-25(32)12-13-31-27(34)21-4-2-3-5-22(21)28(31)35/h2-11,16H,12-15,17H2,1H3,(H,29,32). The average molecular weight is 500 g/mol. The largest absolute Gasteiger partial charge is 0.492 e. The Morgan fingerprint density at radius 2 is 1.62 bits per heavy atom. The molecule has 0 unspecified atom stereocenters. The Kier molecular flexibility index (Phi) is 6.59. The molecule has 0 radical (unpaired) electrons. The van der Waals surface area contributed by atoms with E-state index >= 15 is 0 Å². The minimum absolute atomic E-state index is 0.0249. The van der Waals surface area contributed by atoms with Crippen molar-refractivity contribution in [1.82, 2.24) is 4.90 Å². The van der Waals surface area contributed by atoms with Crippen LogP contribution in [0.3, 0.4) is 0 Å². The van der Waals surface area contributed by atoms with Crippen molar-refractivity contribution in [2.45, 2.75) is 13.3 Å². The summed E-state index contributed by atoms with van der Waals surface area (Å²) in [4.78, 5) is 52.7. The van der Waals surface area contributed by atoms with Crippen LogP contribution in [0.4, 0.5) is 11.4 Å². The molecule has 0 fully saturated rings. The van der Waals surface area contributed by atoms with Crippen LogP contribution < -0.4 is 19.7 Å². The van der Waals surface area contributed by atoms with Crippen LogP contribution in [0.15, 0.2) is 66.7 Å². The van der Waals surface area contributed by atoms with Gasteiger partial charge in [-0.1, -0.05) is 29.8 Å². The molecule has 3 aromatic rings. The number of nitrogens with one attached hydrogen (secondary N) is 1. The van der Waals surface area contributed by atoms with Gasteiger partial charge in [-0.15, -0.1) is 0 Å². The zero-order valence-electron chi connectivity index (χ0n) is 20.2. The van der Waals surface area contributed by atoms with Gasteiger partial charge in [0.05, 0.1) is 23.4 Å². The highest BCUT2D eigenvalue weighted by Gasteiger charge is 2.35. The molecule has 5 rings (SSSR count). The summed E-state index contributed by atoms with van der Waals surface area (Å²) in [7, 11) is 0. The topological polar surface area (TPSA) is 105 Å². The fourth-order valence-electron chi connectivity index (χ4n) is 4.30. The van der Waals surface area contributed by atoms with E-state index in [9.17, 15) is 19.2 Å². The number of fused-ring (bicyclic) bond motifs is 2. The minimum atomic E-state index is -0.397. The lowest BCUT2D eigenvalue weighted by Crippen LogP contribution is -2.41. The van der Waals surface area contributed by atoms with E-state index in [0.29, 0.717) is 41.4 Å². The van der Waals surface area contributed by atoms with E-state index in [1.807, 2.05) is 31.2 Å². The molecular formula is C28H25N3O6. The van der Waals surface area contributed by atoms with E-state index in [4.69, 9.17) is 9.47 Å². The highest BCUT2D eigenvalue weighted by atomic mass is 16.5. The lowest BCUT2D eigenvalue weighted by Gasteiger charge is -2.29. The molecule has 0 saturated carbocycles. The van der Waals surface area contributed by atoms with Gasteiger partial charge in [-0.05, 0) is 43.3 Å². The van der Waals surface area contributed by atoms with Crippen LogP contribution in [0.1, 0.15) is 32.7 Å². The lowest BCUT2D eigenvalue weighted by molar-refractivity contribution is -0.121. The first-order chi connectivity index (χ1) is 17.9. The third kappa shape index (κ3) is 5.02. The molecule has 1 N–H and O–H groups in total. The quantitative estimate of drug-likeness (QED) is 0.476. The van der Waals surface area contributed by atoms with E-state index in [1.54, 1.807) is 47.4 Å². The van der Waals surface area contributed by atoms with Gasteiger partial charge in [0.25, 0.3) is 17.7 Å². The third-order valence-electron chi connectivity index (χ3n) is 6.23. The average Bonchev–Trinajstić information content (AvgIpc) is 3.14. The van der Waals surface area contributed by atoms with Gasteiger partial charge in [-0.3, -0.25) is 24.1 Å². The van der Waals surface area contributed by atoms with Crippen LogP contribution >= 0.6 is 0 Å². The number of aryl methyl sites for hydroxylation is 1. The lowest BCUT2D eigenvalue weighted by atomic mass is 10.1. The van der Waals surface area contributed by atoms with Crippen molar-refractivity contribution in [1.29, 1.82) is 0 Å². The van der Waals surface area contributed by atoms with E-state index < -0.39 is 11.8 Å². The molecule has 2 aliphatic heterocycles. The molecule has 37 heavy (non-hydrogen) atoms. The second-order valence-electron chi connectivity index (χ2n) is 8.78. The van der Waals surface area contributed by atoms with Crippen LogP contribution in [-0.2, 0) is 9.59 Å². The molecule has 0 atom stereocenters.